The fraction of sp³-hybridized carbons (Fsp3) is 0.100. The van der Waals surface area contributed by atoms with Crippen LogP contribution in [-0.4, -0.2) is 34.7 Å². The Morgan fingerprint density at radius 1 is 1.32 bits per heavy atom. The van der Waals surface area contributed by atoms with Crippen LogP contribution >= 0.6 is 0 Å². The van der Waals surface area contributed by atoms with Crippen LogP contribution in [0.4, 0.5) is 10.1 Å². The number of ether oxygens (including phenoxy) is 2. The number of hydrogen-bond donors (Lipinski definition) is 1. The zero-order chi connectivity index (χ0) is 19.7. The number of pyridine rings is 1. The van der Waals surface area contributed by atoms with E-state index in [0.29, 0.717) is 16.9 Å². The summed E-state index contributed by atoms with van der Waals surface area (Å²) >= 11 is 0. The third-order valence-electron chi connectivity index (χ3n) is 4.24. The zero-order valence-corrected chi connectivity index (χ0v) is 14.7. The Bertz CT molecular complexity index is 1130. The topological polar surface area (TPSA) is 93.6 Å². The average molecular weight is 379 g/mol. The summed E-state index contributed by atoms with van der Waals surface area (Å²) in [6.45, 7) is 0. The molecule has 0 aliphatic carbocycles. The molecule has 4 rings (SSSR count). The van der Waals surface area contributed by atoms with Gasteiger partial charge in [0.1, 0.15) is 11.5 Å². The molecule has 1 aromatic carbocycles. The molecule has 1 unspecified atom stereocenters. The number of methoxy groups -OCH3 is 1. The predicted molar refractivity (Wildman–Crippen MR) is 99.2 cm³/mol. The molecule has 1 aliphatic heterocycles. The number of aromatic amines is 1. The number of fused-ring (bicyclic) bond motifs is 1. The molecule has 1 saturated heterocycles. The van der Waals surface area contributed by atoms with Gasteiger partial charge in [0.2, 0.25) is 11.7 Å². The van der Waals surface area contributed by atoms with Gasteiger partial charge < -0.3 is 14.5 Å². The minimum Gasteiger partial charge on any atom is -0.468 e. The molecule has 0 spiro atoms. The van der Waals surface area contributed by atoms with E-state index in [-0.39, 0.29) is 11.7 Å². The number of aromatic nitrogens is 2. The molecule has 7 nitrogen and oxygen atoms in total. The Morgan fingerprint density at radius 3 is 2.86 bits per heavy atom. The molecule has 0 radical (unpaired) electrons. The third-order valence-corrected chi connectivity index (χ3v) is 4.24. The molecule has 0 amide bonds. The van der Waals surface area contributed by atoms with Crippen LogP contribution < -0.4 is 0 Å². The molecule has 1 fully saturated rings. The van der Waals surface area contributed by atoms with Crippen LogP contribution in [0.1, 0.15) is 5.56 Å². The Labute approximate surface area is 158 Å². The molecule has 3 aromatic rings. The number of allylic oxidation sites excluding steroid dienone is 1. The lowest BCUT2D eigenvalue weighted by Gasteiger charge is -2.04. The van der Waals surface area contributed by atoms with Gasteiger partial charge in [0.25, 0.3) is 0 Å². The molecular formula is C20H14FN3O4. The van der Waals surface area contributed by atoms with E-state index in [2.05, 4.69) is 15.0 Å². The first-order valence-electron chi connectivity index (χ1n) is 8.34. The number of halogens is 1. The SMILES string of the molecule is COC(=O)C1C(=O)/C(=C/c2c[nH]c3ncccc23)OC1=Nc1ccc(F)cc1. The van der Waals surface area contributed by atoms with Crippen molar-refractivity contribution in [3.63, 3.8) is 0 Å². The number of carbonyl (C=O) groups is 2. The summed E-state index contributed by atoms with van der Waals surface area (Å²) in [6, 6.07) is 8.89. The lowest BCUT2D eigenvalue weighted by Crippen LogP contribution is -2.26. The van der Waals surface area contributed by atoms with Gasteiger partial charge in [-0.05, 0) is 42.5 Å². The first-order chi connectivity index (χ1) is 13.6. The molecule has 0 bridgehead atoms. The van der Waals surface area contributed by atoms with Gasteiger partial charge in [-0.3, -0.25) is 9.59 Å². The number of ketones is 1. The average Bonchev–Trinajstić information content (AvgIpc) is 3.25. The second kappa shape index (κ2) is 7.07. The third kappa shape index (κ3) is 3.16. The number of nitrogens with one attached hydrogen (secondary N) is 1. The van der Waals surface area contributed by atoms with E-state index in [1.54, 1.807) is 18.5 Å². The zero-order valence-electron chi connectivity index (χ0n) is 14.7. The van der Waals surface area contributed by atoms with Gasteiger partial charge in [0.15, 0.2) is 11.7 Å². The van der Waals surface area contributed by atoms with E-state index in [9.17, 15) is 14.0 Å². The van der Waals surface area contributed by atoms with Crippen LogP contribution in [-0.2, 0) is 19.1 Å². The smallest absolute Gasteiger partial charge is 0.326 e. The van der Waals surface area contributed by atoms with Crippen molar-refractivity contribution in [2.24, 2.45) is 10.9 Å². The number of aliphatic imine (C=N–C) groups is 1. The second-order valence-corrected chi connectivity index (χ2v) is 6.00. The maximum absolute atomic E-state index is 13.1. The van der Waals surface area contributed by atoms with Gasteiger partial charge in [-0.1, -0.05) is 0 Å². The summed E-state index contributed by atoms with van der Waals surface area (Å²) in [5, 5.41) is 0.796. The number of nitrogens with zero attached hydrogens (tertiary/aromatic N) is 2. The van der Waals surface area contributed by atoms with E-state index in [1.165, 1.54) is 37.5 Å². The number of hydrogen-bond acceptors (Lipinski definition) is 6. The lowest BCUT2D eigenvalue weighted by atomic mass is 10.0. The summed E-state index contributed by atoms with van der Waals surface area (Å²) in [6.07, 6.45) is 4.85. The highest BCUT2D eigenvalue weighted by atomic mass is 19.1. The van der Waals surface area contributed by atoms with Crippen molar-refractivity contribution in [2.75, 3.05) is 7.11 Å². The molecule has 1 atom stereocenters. The summed E-state index contributed by atoms with van der Waals surface area (Å²) in [7, 11) is 1.18. The molecule has 140 valence electrons. The van der Waals surface area contributed by atoms with Crippen molar-refractivity contribution >= 4 is 40.4 Å². The molecule has 1 aliphatic rings. The van der Waals surface area contributed by atoms with Crippen LogP contribution in [0.2, 0.25) is 0 Å². The highest BCUT2D eigenvalue weighted by Gasteiger charge is 2.44. The van der Waals surface area contributed by atoms with Crippen molar-refractivity contribution in [1.29, 1.82) is 0 Å². The normalized spacial score (nSPS) is 19.4. The summed E-state index contributed by atoms with van der Waals surface area (Å²) in [5.74, 6) is -3.25. The van der Waals surface area contributed by atoms with Crippen LogP contribution in [0, 0.1) is 11.7 Å². The summed E-state index contributed by atoms with van der Waals surface area (Å²) < 4.78 is 23.4. The highest BCUT2D eigenvalue weighted by Crippen LogP contribution is 2.29. The number of Topliss-reactive ketones (excluding diaryl/α,β-unsaturated/α-hetero) is 1. The first kappa shape index (κ1) is 17.6. The number of H-pyrrole nitrogens is 1. The van der Waals surface area contributed by atoms with Crippen LogP contribution in [0.15, 0.2) is 59.5 Å². The van der Waals surface area contributed by atoms with E-state index >= 15 is 0 Å². The van der Waals surface area contributed by atoms with Gasteiger partial charge >= 0.3 is 5.97 Å². The van der Waals surface area contributed by atoms with E-state index in [1.807, 2.05) is 6.07 Å². The Morgan fingerprint density at radius 2 is 2.11 bits per heavy atom. The van der Waals surface area contributed by atoms with Gasteiger partial charge in [-0.15, -0.1) is 0 Å². The standard InChI is InChI=1S/C20H14FN3O4/c1-27-20(26)16-17(25)15(9-11-10-23-18-14(11)3-2-8-22-18)28-19(16)24-13-6-4-12(21)5-7-13/h2-10,16H,1H3,(H,22,23)/b15-9-,24-19?. The molecular weight excluding hydrogens is 365 g/mol. The van der Waals surface area contributed by atoms with E-state index in [0.717, 1.165) is 5.39 Å². The first-order valence-corrected chi connectivity index (χ1v) is 8.34. The van der Waals surface area contributed by atoms with Crippen LogP contribution in [0.5, 0.6) is 0 Å². The summed E-state index contributed by atoms with van der Waals surface area (Å²) in [5.41, 5.74) is 1.68. The van der Waals surface area contributed by atoms with E-state index < -0.39 is 23.5 Å². The van der Waals surface area contributed by atoms with Gasteiger partial charge in [0.05, 0.1) is 12.8 Å². The fourth-order valence-electron chi connectivity index (χ4n) is 2.87. The molecule has 2 aromatic heterocycles. The maximum atomic E-state index is 13.1. The number of carbonyl (C=O) groups excluding carboxylic acids is 2. The Balaban J connectivity index is 1.75. The van der Waals surface area contributed by atoms with Crippen molar-refractivity contribution in [3.05, 3.63) is 65.9 Å². The van der Waals surface area contributed by atoms with E-state index in [4.69, 9.17) is 9.47 Å². The van der Waals surface area contributed by atoms with Gasteiger partial charge in [0, 0.05) is 23.3 Å². The van der Waals surface area contributed by atoms with Crippen LogP contribution in [0.25, 0.3) is 17.1 Å². The summed E-state index contributed by atoms with van der Waals surface area (Å²) in [4.78, 5) is 36.3. The number of esters is 1. The quantitative estimate of drug-likeness (QED) is 0.429. The monoisotopic (exact) mass is 379 g/mol. The van der Waals surface area contributed by atoms with Crippen molar-refractivity contribution in [1.82, 2.24) is 9.97 Å². The predicted octanol–water partition coefficient (Wildman–Crippen LogP) is 3.16. The van der Waals surface area contributed by atoms with Crippen molar-refractivity contribution in [3.8, 4) is 0 Å². The van der Waals surface area contributed by atoms with Crippen molar-refractivity contribution < 1.29 is 23.5 Å². The Hall–Kier alpha value is -3.81. The molecule has 3 heterocycles. The van der Waals surface area contributed by atoms with Crippen LogP contribution in [0.3, 0.4) is 0 Å². The molecule has 8 heteroatoms. The highest BCUT2D eigenvalue weighted by molar-refractivity contribution is 6.27. The largest absolute Gasteiger partial charge is 0.468 e. The molecule has 1 N–H and O–H groups in total. The number of rotatable bonds is 3. The lowest BCUT2D eigenvalue weighted by molar-refractivity contribution is -0.145. The second-order valence-electron chi connectivity index (χ2n) is 6.00. The fourth-order valence-corrected chi connectivity index (χ4v) is 2.87. The number of benzene rings is 1. The maximum Gasteiger partial charge on any atom is 0.326 e. The minimum atomic E-state index is -1.32. The molecule has 0 saturated carbocycles. The Kier molecular flexibility index (Phi) is 4.44. The minimum absolute atomic E-state index is 0.0407. The van der Waals surface area contributed by atoms with Gasteiger partial charge in [-0.25, -0.2) is 14.4 Å². The van der Waals surface area contributed by atoms with Crippen molar-refractivity contribution in [2.45, 2.75) is 0 Å². The molecule has 28 heavy (non-hydrogen) atoms. The van der Waals surface area contributed by atoms with Gasteiger partial charge in [-0.2, -0.15) is 0 Å².